The highest BCUT2D eigenvalue weighted by atomic mass is 16.2. The van der Waals surface area contributed by atoms with E-state index < -0.39 is 0 Å². The molecule has 128 valence electrons. The smallest absolute Gasteiger partial charge is 0.261 e. The Kier molecular flexibility index (Phi) is 4.94. The molecule has 0 saturated carbocycles. The minimum Gasteiger partial charge on any atom is -0.337 e. The van der Waals surface area contributed by atoms with Crippen molar-refractivity contribution in [2.24, 2.45) is 0 Å². The van der Waals surface area contributed by atoms with Gasteiger partial charge in [0.05, 0.1) is 17.2 Å². The summed E-state index contributed by atoms with van der Waals surface area (Å²) in [5.41, 5.74) is 0.669. The van der Waals surface area contributed by atoms with Crippen LogP contribution in [0.15, 0.2) is 35.4 Å². The van der Waals surface area contributed by atoms with Crippen LogP contribution in [0.5, 0.6) is 0 Å². The van der Waals surface area contributed by atoms with Crippen LogP contribution in [0, 0.1) is 0 Å². The first-order chi connectivity index (χ1) is 11.6. The molecule has 1 aliphatic rings. The predicted molar refractivity (Wildman–Crippen MR) is 93.9 cm³/mol. The number of rotatable bonds is 4. The Hall–Kier alpha value is -2.21. The van der Waals surface area contributed by atoms with Crippen LogP contribution in [0.1, 0.15) is 19.8 Å². The van der Waals surface area contributed by atoms with Gasteiger partial charge < -0.3 is 9.80 Å². The zero-order valence-electron chi connectivity index (χ0n) is 14.3. The number of fused-ring (bicyclic) bond motifs is 1. The van der Waals surface area contributed by atoms with E-state index in [4.69, 9.17) is 0 Å². The quantitative estimate of drug-likeness (QED) is 0.850. The first-order valence-corrected chi connectivity index (χ1v) is 8.48. The van der Waals surface area contributed by atoms with Crippen LogP contribution in [-0.2, 0) is 11.3 Å². The first-order valence-electron chi connectivity index (χ1n) is 8.48. The Morgan fingerprint density at radius 1 is 1.29 bits per heavy atom. The van der Waals surface area contributed by atoms with Gasteiger partial charge in [0.2, 0.25) is 5.91 Å². The Morgan fingerprint density at radius 3 is 2.88 bits per heavy atom. The number of nitrogens with zero attached hydrogens (tertiary/aromatic N) is 4. The van der Waals surface area contributed by atoms with Crippen molar-refractivity contribution >= 4 is 16.8 Å². The van der Waals surface area contributed by atoms with Crippen molar-refractivity contribution in [2.75, 3.05) is 26.7 Å². The Balaban J connectivity index is 1.59. The summed E-state index contributed by atoms with van der Waals surface area (Å²) in [4.78, 5) is 33.3. The number of piperazine rings is 1. The van der Waals surface area contributed by atoms with E-state index >= 15 is 0 Å². The number of likely N-dealkylation sites (N-methyl/N-ethyl adjacent to an activating group) is 1. The molecule has 0 radical (unpaired) electrons. The molecule has 0 aliphatic carbocycles. The standard InChI is InChI=1S/C18H24N4O2/c1-14-12-20(2)10-11-22(14)17(23)8-5-9-21-13-19-16-7-4-3-6-15(16)18(21)24/h3-4,6-7,13-14H,5,8-12H2,1-2H3/t14-/m0/s1. The average molecular weight is 328 g/mol. The van der Waals surface area contributed by atoms with Gasteiger partial charge >= 0.3 is 0 Å². The fourth-order valence-corrected chi connectivity index (χ4v) is 3.32. The minimum absolute atomic E-state index is 0.0407. The van der Waals surface area contributed by atoms with Crippen molar-refractivity contribution in [3.05, 3.63) is 40.9 Å². The van der Waals surface area contributed by atoms with Crippen LogP contribution in [0.4, 0.5) is 0 Å². The highest BCUT2D eigenvalue weighted by Crippen LogP contribution is 2.11. The third kappa shape index (κ3) is 3.48. The number of benzene rings is 1. The number of aryl methyl sites for hydroxylation is 1. The summed E-state index contributed by atoms with van der Waals surface area (Å²) in [5.74, 6) is 0.178. The summed E-state index contributed by atoms with van der Waals surface area (Å²) in [6, 6.07) is 7.59. The van der Waals surface area contributed by atoms with Crippen molar-refractivity contribution < 1.29 is 4.79 Å². The third-order valence-corrected chi connectivity index (χ3v) is 4.67. The Morgan fingerprint density at radius 2 is 2.08 bits per heavy atom. The molecule has 0 N–H and O–H groups in total. The van der Waals surface area contributed by atoms with E-state index in [1.807, 2.05) is 23.1 Å². The van der Waals surface area contributed by atoms with Gasteiger partial charge in [0, 0.05) is 38.6 Å². The Labute approximate surface area is 141 Å². The van der Waals surface area contributed by atoms with Gasteiger partial charge in [0.25, 0.3) is 5.56 Å². The second-order valence-electron chi connectivity index (χ2n) is 6.56. The maximum Gasteiger partial charge on any atom is 0.261 e. The molecular weight excluding hydrogens is 304 g/mol. The molecule has 2 aromatic rings. The lowest BCUT2D eigenvalue weighted by Crippen LogP contribution is -2.52. The van der Waals surface area contributed by atoms with Crippen molar-refractivity contribution in [2.45, 2.75) is 32.4 Å². The predicted octanol–water partition coefficient (Wildman–Crippen LogP) is 1.34. The van der Waals surface area contributed by atoms with E-state index in [9.17, 15) is 9.59 Å². The summed E-state index contributed by atoms with van der Waals surface area (Å²) in [5, 5.41) is 0.624. The van der Waals surface area contributed by atoms with Crippen LogP contribution in [-0.4, -0.2) is 58.0 Å². The summed E-state index contributed by atoms with van der Waals surface area (Å²) in [6.45, 7) is 5.23. The van der Waals surface area contributed by atoms with Gasteiger partial charge in [0.1, 0.15) is 0 Å². The van der Waals surface area contributed by atoms with Crippen LogP contribution >= 0.6 is 0 Å². The van der Waals surface area contributed by atoms with E-state index in [0.29, 0.717) is 30.3 Å². The number of hydrogen-bond acceptors (Lipinski definition) is 4. The Bertz CT molecular complexity index is 786. The van der Waals surface area contributed by atoms with E-state index in [-0.39, 0.29) is 17.5 Å². The maximum atomic E-state index is 12.4. The zero-order valence-corrected chi connectivity index (χ0v) is 14.3. The fraction of sp³-hybridized carbons (Fsp3) is 0.500. The fourth-order valence-electron chi connectivity index (χ4n) is 3.32. The van der Waals surface area contributed by atoms with Crippen molar-refractivity contribution in [1.82, 2.24) is 19.4 Å². The molecule has 1 aromatic carbocycles. The van der Waals surface area contributed by atoms with E-state index in [2.05, 4.69) is 23.9 Å². The molecule has 0 spiro atoms. The van der Waals surface area contributed by atoms with Crippen molar-refractivity contribution in [3.63, 3.8) is 0 Å². The summed E-state index contributed by atoms with van der Waals surface area (Å²) in [7, 11) is 2.08. The number of carbonyl (C=O) groups is 1. The molecule has 0 unspecified atom stereocenters. The second-order valence-corrected chi connectivity index (χ2v) is 6.56. The molecular formula is C18H24N4O2. The largest absolute Gasteiger partial charge is 0.337 e. The summed E-state index contributed by atoms with van der Waals surface area (Å²) in [6.07, 6.45) is 2.69. The molecule has 2 heterocycles. The van der Waals surface area contributed by atoms with Gasteiger partial charge in [-0.3, -0.25) is 14.2 Å². The molecule has 3 rings (SSSR count). The number of amides is 1. The maximum absolute atomic E-state index is 12.4. The van der Waals surface area contributed by atoms with E-state index in [1.54, 1.807) is 17.0 Å². The van der Waals surface area contributed by atoms with Gasteiger partial charge in [-0.2, -0.15) is 0 Å². The van der Waals surface area contributed by atoms with Gasteiger partial charge in [0.15, 0.2) is 0 Å². The molecule has 6 heteroatoms. The summed E-state index contributed by atoms with van der Waals surface area (Å²) >= 11 is 0. The molecule has 24 heavy (non-hydrogen) atoms. The van der Waals surface area contributed by atoms with Gasteiger partial charge in [-0.25, -0.2) is 4.98 Å². The van der Waals surface area contributed by atoms with Crippen LogP contribution in [0.25, 0.3) is 10.9 Å². The second kappa shape index (κ2) is 7.13. The van der Waals surface area contributed by atoms with Crippen LogP contribution in [0.2, 0.25) is 0 Å². The van der Waals surface area contributed by atoms with Gasteiger partial charge in [-0.15, -0.1) is 0 Å². The van der Waals surface area contributed by atoms with E-state index in [0.717, 1.165) is 19.6 Å². The average Bonchev–Trinajstić information content (AvgIpc) is 2.57. The lowest BCUT2D eigenvalue weighted by Gasteiger charge is -2.38. The molecule has 1 aliphatic heterocycles. The SMILES string of the molecule is C[C@H]1CN(C)CCN1C(=O)CCCn1cnc2ccccc2c1=O. The van der Waals surface area contributed by atoms with Crippen LogP contribution < -0.4 is 5.56 Å². The van der Waals surface area contributed by atoms with Crippen molar-refractivity contribution in [1.29, 1.82) is 0 Å². The third-order valence-electron chi connectivity index (χ3n) is 4.67. The van der Waals surface area contributed by atoms with Crippen molar-refractivity contribution in [3.8, 4) is 0 Å². The molecule has 1 aromatic heterocycles. The highest BCUT2D eigenvalue weighted by Gasteiger charge is 2.25. The highest BCUT2D eigenvalue weighted by molar-refractivity contribution is 5.77. The summed E-state index contributed by atoms with van der Waals surface area (Å²) < 4.78 is 1.60. The number of aromatic nitrogens is 2. The zero-order chi connectivity index (χ0) is 17.1. The molecule has 1 saturated heterocycles. The minimum atomic E-state index is -0.0407. The van der Waals surface area contributed by atoms with Crippen LogP contribution in [0.3, 0.4) is 0 Å². The molecule has 1 fully saturated rings. The van der Waals surface area contributed by atoms with Gasteiger partial charge in [-0.1, -0.05) is 12.1 Å². The number of hydrogen-bond donors (Lipinski definition) is 0. The normalized spacial score (nSPS) is 18.9. The lowest BCUT2D eigenvalue weighted by atomic mass is 10.1. The monoisotopic (exact) mass is 328 g/mol. The lowest BCUT2D eigenvalue weighted by molar-refractivity contribution is -0.135. The molecule has 6 nitrogen and oxygen atoms in total. The number of carbonyl (C=O) groups excluding carboxylic acids is 1. The molecule has 0 bridgehead atoms. The molecule has 1 amide bonds. The topological polar surface area (TPSA) is 58.4 Å². The van der Waals surface area contributed by atoms with E-state index in [1.165, 1.54) is 0 Å². The molecule has 1 atom stereocenters. The number of para-hydroxylation sites is 1. The van der Waals surface area contributed by atoms with Gasteiger partial charge in [-0.05, 0) is 32.5 Å². The first kappa shape index (κ1) is 16.6.